The van der Waals surface area contributed by atoms with E-state index < -0.39 is 8.07 Å². The van der Waals surface area contributed by atoms with Crippen LogP contribution in [-0.4, -0.2) is 23.0 Å². The Bertz CT molecular complexity index is 2600. The summed E-state index contributed by atoms with van der Waals surface area (Å²) in [5.41, 5.74) is 12.3. The third kappa shape index (κ3) is 5.52. The molecule has 252 valence electrons. The van der Waals surface area contributed by atoms with E-state index in [1.165, 1.54) is 59.8 Å². The van der Waals surface area contributed by atoms with Gasteiger partial charge in [-0.05, 0) is 62.0 Å². The Morgan fingerprint density at radius 2 is 1.02 bits per heavy atom. The maximum absolute atomic E-state index is 5.06. The van der Waals surface area contributed by atoms with E-state index >= 15 is 0 Å². The number of nitrogens with zero attached hydrogens (tertiary/aromatic N) is 3. The van der Waals surface area contributed by atoms with Crippen LogP contribution in [0.25, 0.3) is 76.9 Å². The first-order valence-electron chi connectivity index (χ1n) is 17.9. The Morgan fingerprint density at radius 3 is 1.67 bits per heavy atom. The molecule has 1 aliphatic carbocycles. The zero-order valence-electron chi connectivity index (χ0n) is 30.1. The van der Waals surface area contributed by atoms with Crippen LogP contribution in [0.5, 0.6) is 0 Å². The average Bonchev–Trinajstić information content (AvgIpc) is 3.71. The summed E-state index contributed by atoms with van der Waals surface area (Å²) in [6.07, 6.45) is 0. The van der Waals surface area contributed by atoms with Crippen molar-refractivity contribution in [2.75, 3.05) is 0 Å². The van der Waals surface area contributed by atoms with E-state index in [0.29, 0.717) is 17.5 Å². The predicted molar refractivity (Wildman–Crippen MR) is 223 cm³/mol. The van der Waals surface area contributed by atoms with Crippen LogP contribution < -0.4 is 5.19 Å². The molecule has 0 spiro atoms. The molecule has 5 heteroatoms. The molecule has 0 N–H and O–H groups in total. The third-order valence-corrected chi connectivity index (χ3v) is 13.7. The van der Waals surface area contributed by atoms with E-state index in [-0.39, 0.29) is 5.41 Å². The maximum atomic E-state index is 5.06. The fourth-order valence-corrected chi connectivity index (χ4v) is 9.87. The summed E-state index contributed by atoms with van der Waals surface area (Å²) in [6, 6.07) is 52.6. The summed E-state index contributed by atoms with van der Waals surface area (Å²) >= 11 is 1.71. The first-order chi connectivity index (χ1) is 25.1. The quantitative estimate of drug-likeness (QED) is 0.162. The first kappa shape index (κ1) is 32.4. The van der Waals surface area contributed by atoms with Gasteiger partial charge in [0.05, 0.1) is 13.0 Å². The molecule has 6 aromatic carbocycles. The smallest absolute Gasteiger partial charge is 0.174 e. The number of thiophene rings is 1. The molecule has 8 aromatic rings. The Morgan fingerprint density at radius 1 is 0.481 bits per heavy atom. The van der Waals surface area contributed by atoms with Crippen molar-refractivity contribution in [3.63, 3.8) is 0 Å². The van der Waals surface area contributed by atoms with Crippen molar-refractivity contribution in [3.05, 3.63) is 157 Å². The van der Waals surface area contributed by atoms with E-state index in [1.807, 2.05) is 18.2 Å². The summed E-state index contributed by atoms with van der Waals surface area (Å²) in [7, 11) is -1.49. The second kappa shape index (κ2) is 12.3. The maximum Gasteiger partial charge on any atom is 0.174 e. The molecule has 0 aliphatic heterocycles. The Hall–Kier alpha value is -5.49. The molecule has 3 nitrogen and oxygen atoms in total. The molecule has 0 fully saturated rings. The fourth-order valence-electron chi connectivity index (χ4n) is 7.69. The van der Waals surface area contributed by atoms with Gasteiger partial charge < -0.3 is 0 Å². The van der Waals surface area contributed by atoms with E-state index in [1.54, 1.807) is 11.3 Å². The highest BCUT2D eigenvalue weighted by atomic mass is 32.1. The van der Waals surface area contributed by atoms with Crippen molar-refractivity contribution in [2.45, 2.75) is 38.9 Å². The summed E-state index contributed by atoms with van der Waals surface area (Å²) in [5.74, 6) is 2.04. The van der Waals surface area contributed by atoms with Crippen LogP contribution >= 0.6 is 11.3 Å². The molecule has 0 atom stereocenters. The second-order valence-electron chi connectivity index (χ2n) is 15.3. The highest BCUT2D eigenvalue weighted by Gasteiger charge is 2.38. The number of aromatic nitrogens is 3. The SMILES string of the molecule is CC1(C)c2cccc(-c3ccc(-c4nc(-c5ccccc5)nc(-c5cc6ccccc6s5)n4)cc3)c2-c2c(-c3cccc([Si](C)(C)C)c3)cccc21. The third-order valence-electron chi connectivity index (χ3n) is 10.5. The number of hydrogen-bond acceptors (Lipinski definition) is 4. The van der Waals surface area contributed by atoms with Gasteiger partial charge in [0.2, 0.25) is 0 Å². The molecule has 2 heterocycles. The van der Waals surface area contributed by atoms with Crippen LogP contribution in [0.1, 0.15) is 25.0 Å². The molecule has 0 bridgehead atoms. The summed E-state index contributed by atoms with van der Waals surface area (Å²) in [5, 5.41) is 2.68. The lowest BCUT2D eigenvalue weighted by molar-refractivity contribution is 0.660. The number of hydrogen-bond donors (Lipinski definition) is 0. The van der Waals surface area contributed by atoms with E-state index in [9.17, 15) is 0 Å². The lowest BCUT2D eigenvalue weighted by atomic mass is 9.81. The lowest BCUT2D eigenvalue weighted by Crippen LogP contribution is -2.37. The minimum absolute atomic E-state index is 0.116. The van der Waals surface area contributed by atoms with Crippen LogP contribution in [0.3, 0.4) is 0 Å². The van der Waals surface area contributed by atoms with Gasteiger partial charge in [0.25, 0.3) is 0 Å². The van der Waals surface area contributed by atoms with Gasteiger partial charge in [-0.3, -0.25) is 0 Å². The lowest BCUT2D eigenvalue weighted by Gasteiger charge is -2.22. The van der Waals surface area contributed by atoms with Gasteiger partial charge in [0.1, 0.15) is 0 Å². The van der Waals surface area contributed by atoms with Gasteiger partial charge in [-0.15, -0.1) is 11.3 Å². The largest absolute Gasteiger partial charge is 0.208 e. The number of fused-ring (bicyclic) bond motifs is 4. The molecule has 2 aromatic heterocycles. The highest BCUT2D eigenvalue weighted by molar-refractivity contribution is 7.22. The topological polar surface area (TPSA) is 38.7 Å². The second-order valence-corrected chi connectivity index (χ2v) is 21.5. The van der Waals surface area contributed by atoms with Gasteiger partial charge in [0, 0.05) is 21.2 Å². The minimum atomic E-state index is -1.49. The molecule has 9 rings (SSSR count). The summed E-state index contributed by atoms with van der Waals surface area (Å²) in [4.78, 5) is 16.1. The zero-order chi connectivity index (χ0) is 35.6. The van der Waals surface area contributed by atoms with Crippen molar-refractivity contribution in [1.82, 2.24) is 15.0 Å². The molecule has 52 heavy (non-hydrogen) atoms. The van der Waals surface area contributed by atoms with Crippen molar-refractivity contribution in [2.24, 2.45) is 0 Å². The van der Waals surface area contributed by atoms with Crippen LogP contribution in [0, 0.1) is 0 Å². The van der Waals surface area contributed by atoms with Gasteiger partial charge >= 0.3 is 0 Å². The Labute approximate surface area is 310 Å². The average molecular weight is 706 g/mol. The van der Waals surface area contributed by atoms with Crippen molar-refractivity contribution >= 4 is 34.7 Å². The van der Waals surface area contributed by atoms with Gasteiger partial charge in [-0.1, -0.05) is 172 Å². The van der Waals surface area contributed by atoms with Gasteiger partial charge in [-0.2, -0.15) is 0 Å². The zero-order valence-corrected chi connectivity index (χ0v) is 31.9. The fraction of sp³-hybridized carbons (Fsp3) is 0.128. The molecular formula is C47H39N3SSi. The molecule has 0 saturated heterocycles. The van der Waals surface area contributed by atoms with E-state index in [0.717, 1.165) is 16.0 Å². The van der Waals surface area contributed by atoms with E-state index in [2.05, 4.69) is 161 Å². The standard InChI is InChI=1S/C47H39N3SSi/c1-47(2)38-21-12-19-36(42(38)43-37(20-13-22-39(43)47)33-17-11-18-35(28-33)52(3,4)5)30-24-26-32(27-25-30)45-48-44(31-14-7-6-8-15-31)49-46(50-45)41-29-34-16-9-10-23-40(34)51-41/h6-29H,1-5H3. The van der Waals surface area contributed by atoms with Gasteiger partial charge in [0.15, 0.2) is 17.5 Å². The van der Waals surface area contributed by atoms with E-state index in [4.69, 9.17) is 15.0 Å². The molecule has 0 amide bonds. The Kier molecular flexibility index (Phi) is 7.69. The van der Waals surface area contributed by atoms with Crippen molar-refractivity contribution < 1.29 is 0 Å². The van der Waals surface area contributed by atoms with Crippen molar-refractivity contribution in [1.29, 1.82) is 0 Å². The molecule has 0 saturated carbocycles. The van der Waals surface area contributed by atoms with Crippen LogP contribution in [0.15, 0.2) is 146 Å². The Balaban J connectivity index is 1.16. The first-order valence-corrected chi connectivity index (χ1v) is 22.3. The molecule has 0 unspecified atom stereocenters. The van der Waals surface area contributed by atoms with Crippen LogP contribution in [0.2, 0.25) is 19.6 Å². The summed E-state index contributed by atoms with van der Waals surface area (Å²) in [6.45, 7) is 12.0. The molecular weight excluding hydrogens is 667 g/mol. The monoisotopic (exact) mass is 705 g/mol. The van der Waals surface area contributed by atoms with Crippen molar-refractivity contribution in [3.8, 4) is 66.9 Å². The normalized spacial score (nSPS) is 13.2. The minimum Gasteiger partial charge on any atom is -0.208 e. The number of rotatable bonds is 6. The predicted octanol–water partition coefficient (Wildman–Crippen LogP) is 12.3. The highest BCUT2D eigenvalue weighted by Crippen LogP contribution is 2.55. The molecule has 0 radical (unpaired) electrons. The van der Waals surface area contributed by atoms with Crippen LogP contribution in [0.4, 0.5) is 0 Å². The number of benzene rings is 6. The van der Waals surface area contributed by atoms with Crippen LogP contribution in [-0.2, 0) is 5.41 Å². The molecule has 1 aliphatic rings. The van der Waals surface area contributed by atoms with Gasteiger partial charge in [-0.25, -0.2) is 15.0 Å². The summed E-state index contributed by atoms with van der Waals surface area (Å²) < 4.78 is 1.22.